The van der Waals surface area contributed by atoms with Crippen LogP contribution in [-0.2, 0) is 16.1 Å². The fourth-order valence-electron chi connectivity index (χ4n) is 2.53. The molecule has 0 spiro atoms. The average Bonchev–Trinajstić information content (AvgIpc) is 3.38. The van der Waals surface area contributed by atoms with Crippen LogP contribution >= 0.6 is 11.3 Å². The second-order valence-corrected chi connectivity index (χ2v) is 6.83. The van der Waals surface area contributed by atoms with Gasteiger partial charge in [0.2, 0.25) is 11.8 Å². The third-order valence-corrected chi connectivity index (χ3v) is 4.72. The number of carbonyl (C=O) groups is 1. The Balaban J connectivity index is 1.65. The van der Waals surface area contributed by atoms with Crippen LogP contribution in [0.3, 0.4) is 0 Å². The van der Waals surface area contributed by atoms with Crippen LogP contribution in [0.4, 0.5) is 5.69 Å². The predicted molar refractivity (Wildman–Crippen MR) is 105 cm³/mol. The lowest BCUT2D eigenvalue weighted by molar-refractivity contribution is -0.117. The summed E-state index contributed by atoms with van der Waals surface area (Å²) in [6.07, 6.45) is 0. The molecule has 0 saturated heterocycles. The van der Waals surface area contributed by atoms with Crippen LogP contribution in [0.2, 0.25) is 0 Å². The molecule has 0 aliphatic rings. The maximum absolute atomic E-state index is 12.5. The Labute approximate surface area is 166 Å². The van der Waals surface area contributed by atoms with E-state index in [4.69, 9.17) is 14.4 Å². The van der Waals surface area contributed by atoms with Crippen LogP contribution in [0, 0.1) is 11.3 Å². The first-order valence-electron chi connectivity index (χ1n) is 8.56. The molecule has 2 aromatic heterocycles. The highest BCUT2D eigenvalue weighted by molar-refractivity contribution is 7.13. The molecule has 0 atom stereocenters. The molecule has 0 unspecified atom stereocenters. The molecule has 1 aromatic carbocycles. The third kappa shape index (κ3) is 5.23. The Morgan fingerprint density at radius 1 is 1.32 bits per heavy atom. The van der Waals surface area contributed by atoms with Crippen molar-refractivity contribution in [1.82, 2.24) is 15.1 Å². The van der Waals surface area contributed by atoms with E-state index in [9.17, 15) is 4.79 Å². The van der Waals surface area contributed by atoms with Crippen molar-refractivity contribution in [2.75, 3.05) is 32.1 Å². The maximum Gasteiger partial charge on any atom is 0.257 e. The quantitative estimate of drug-likeness (QED) is 0.592. The molecule has 0 aliphatic heterocycles. The average molecular weight is 397 g/mol. The van der Waals surface area contributed by atoms with Gasteiger partial charge in [-0.3, -0.25) is 9.69 Å². The highest BCUT2D eigenvalue weighted by Crippen LogP contribution is 2.23. The predicted octanol–water partition coefficient (Wildman–Crippen LogP) is 2.76. The summed E-state index contributed by atoms with van der Waals surface area (Å²) in [4.78, 5) is 15.2. The number of carbonyl (C=O) groups excluding carboxylic acids is 1. The molecule has 0 aliphatic carbocycles. The standard InChI is InChI=1S/C19H19N5O3S/c1-26-9-8-24(12-17(25)21-15-6-3-2-5-14(15)11-20)13-18-22-23-19(27-18)16-7-4-10-28-16/h2-7,10H,8-9,12-13H2,1H3,(H,21,25). The smallest absolute Gasteiger partial charge is 0.257 e. The van der Waals surface area contributed by atoms with E-state index >= 15 is 0 Å². The second-order valence-electron chi connectivity index (χ2n) is 5.89. The highest BCUT2D eigenvalue weighted by atomic mass is 32.1. The number of nitriles is 1. The van der Waals surface area contributed by atoms with Gasteiger partial charge >= 0.3 is 0 Å². The van der Waals surface area contributed by atoms with Crippen LogP contribution < -0.4 is 5.32 Å². The van der Waals surface area contributed by atoms with E-state index in [1.807, 2.05) is 22.4 Å². The monoisotopic (exact) mass is 397 g/mol. The number of benzene rings is 1. The van der Waals surface area contributed by atoms with Gasteiger partial charge in [0.15, 0.2) is 0 Å². The van der Waals surface area contributed by atoms with Gasteiger partial charge in [-0.2, -0.15) is 5.26 Å². The zero-order valence-corrected chi connectivity index (χ0v) is 16.1. The number of nitrogens with one attached hydrogen (secondary N) is 1. The minimum atomic E-state index is -0.239. The Morgan fingerprint density at radius 3 is 2.93 bits per heavy atom. The zero-order valence-electron chi connectivity index (χ0n) is 15.3. The minimum absolute atomic E-state index is 0.0971. The Morgan fingerprint density at radius 2 is 2.18 bits per heavy atom. The van der Waals surface area contributed by atoms with E-state index in [1.165, 1.54) is 11.3 Å². The summed E-state index contributed by atoms with van der Waals surface area (Å²) >= 11 is 1.52. The van der Waals surface area contributed by atoms with E-state index in [1.54, 1.807) is 31.4 Å². The molecule has 0 saturated carbocycles. The number of amides is 1. The lowest BCUT2D eigenvalue weighted by atomic mass is 10.2. The molecule has 8 nitrogen and oxygen atoms in total. The van der Waals surface area contributed by atoms with Crippen molar-refractivity contribution in [2.45, 2.75) is 6.54 Å². The summed E-state index contributed by atoms with van der Waals surface area (Å²) in [7, 11) is 1.60. The summed E-state index contributed by atoms with van der Waals surface area (Å²) in [5, 5.41) is 22.0. The summed E-state index contributed by atoms with van der Waals surface area (Å²) in [5.74, 6) is 0.644. The van der Waals surface area contributed by atoms with Crippen LogP contribution in [0.5, 0.6) is 0 Å². The van der Waals surface area contributed by atoms with E-state index in [2.05, 4.69) is 21.6 Å². The zero-order chi connectivity index (χ0) is 19.8. The van der Waals surface area contributed by atoms with Gasteiger partial charge in [-0.15, -0.1) is 21.5 Å². The topological polar surface area (TPSA) is 104 Å². The normalized spacial score (nSPS) is 10.8. The van der Waals surface area contributed by atoms with Gasteiger partial charge in [0.1, 0.15) is 6.07 Å². The van der Waals surface area contributed by atoms with Crippen LogP contribution in [-0.4, -0.2) is 47.8 Å². The SMILES string of the molecule is COCCN(CC(=O)Nc1ccccc1C#N)Cc1nnc(-c2cccs2)o1. The van der Waals surface area contributed by atoms with Gasteiger partial charge in [0.25, 0.3) is 5.89 Å². The molecule has 1 amide bonds. The van der Waals surface area contributed by atoms with E-state index in [-0.39, 0.29) is 12.5 Å². The number of nitrogens with zero attached hydrogens (tertiary/aromatic N) is 4. The Kier molecular flexibility index (Phi) is 6.86. The number of ether oxygens (including phenoxy) is 1. The first-order valence-corrected chi connectivity index (χ1v) is 9.44. The van der Waals surface area contributed by atoms with Crippen molar-refractivity contribution in [3.8, 4) is 16.8 Å². The van der Waals surface area contributed by atoms with Crippen LogP contribution in [0.1, 0.15) is 11.5 Å². The second kappa shape index (κ2) is 9.75. The fourth-order valence-corrected chi connectivity index (χ4v) is 3.17. The number of thiophene rings is 1. The molecule has 9 heteroatoms. The number of methoxy groups -OCH3 is 1. The lowest BCUT2D eigenvalue weighted by Crippen LogP contribution is -2.35. The first-order chi connectivity index (χ1) is 13.7. The summed E-state index contributed by atoms with van der Waals surface area (Å²) in [6.45, 7) is 1.38. The van der Waals surface area contributed by atoms with Crippen molar-refractivity contribution in [2.24, 2.45) is 0 Å². The molecule has 2 heterocycles. The molecule has 144 valence electrons. The number of para-hydroxylation sites is 1. The number of aromatic nitrogens is 2. The van der Waals surface area contributed by atoms with Gasteiger partial charge in [-0.05, 0) is 23.6 Å². The molecule has 28 heavy (non-hydrogen) atoms. The molecule has 1 N–H and O–H groups in total. The maximum atomic E-state index is 12.5. The Hall–Kier alpha value is -3.06. The summed E-state index contributed by atoms with van der Waals surface area (Å²) < 4.78 is 10.8. The largest absolute Gasteiger partial charge is 0.419 e. The van der Waals surface area contributed by atoms with Crippen molar-refractivity contribution in [3.05, 3.63) is 53.2 Å². The third-order valence-electron chi connectivity index (χ3n) is 3.86. The molecule has 3 rings (SSSR count). The van der Waals surface area contributed by atoms with Crippen molar-refractivity contribution < 1.29 is 13.9 Å². The van der Waals surface area contributed by atoms with Gasteiger partial charge < -0.3 is 14.5 Å². The molecular formula is C19H19N5O3S. The van der Waals surface area contributed by atoms with E-state index in [0.717, 1.165) is 4.88 Å². The van der Waals surface area contributed by atoms with Crippen LogP contribution in [0.25, 0.3) is 10.8 Å². The fraction of sp³-hybridized carbons (Fsp3) is 0.263. The van der Waals surface area contributed by atoms with Crippen LogP contribution in [0.15, 0.2) is 46.2 Å². The van der Waals surface area contributed by atoms with Gasteiger partial charge in [-0.25, -0.2) is 0 Å². The Bertz CT molecular complexity index is 949. The number of anilines is 1. The molecular weight excluding hydrogens is 378 g/mol. The van der Waals surface area contributed by atoms with Gasteiger partial charge in [0.05, 0.1) is 35.8 Å². The van der Waals surface area contributed by atoms with E-state index in [0.29, 0.717) is 42.7 Å². The van der Waals surface area contributed by atoms with Crippen molar-refractivity contribution in [1.29, 1.82) is 5.26 Å². The summed E-state index contributed by atoms with van der Waals surface area (Å²) in [5.41, 5.74) is 0.899. The molecule has 0 bridgehead atoms. The van der Waals surface area contributed by atoms with Crippen molar-refractivity contribution >= 4 is 22.9 Å². The van der Waals surface area contributed by atoms with E-state index < -0.39 is 0 Å². The van der Waals surface area contributed by atoms with Gasteiger partial charge in [0, 0.05) is 13.7 Å². The number of hydrogen-bond donors (Lipinski definition) is 1. The summed E-state index contributed by atoms with van der Waals surface area (Å²) in [6, 6.07) is 12.8. The number of hydrogen-bond acceptors (Lipinski definition) is 8. The molecule has 0 fully saturated rings. The lowest BCUT2D eigenvalue weighted by Gasteiger charge is -2.19. The minimum Gasteiger partial charge on any atom is -0.419 e. The first kappa shape index (κ1) is 19.7. The van der Waals surface area contributed by atoms with Crippen molar-refractivity contribution in [3.63, 3.8) is 0 Å². The van der Waals surface area contributed by atoms with Gasteiger partial charge in [-0.1, -0.05) is 18.2 Å². The number of rotatable bonds is 9. The molecule has 3 aromatic rings. The molecule has 0 radical (unpaired) electrons. The highest BCUT2D eigenvalue weighted by Gasteiger charge is 2.17.